The number of rotatable bonds is 3. The van der Waals surface area contributed by atoms with Crippen molar-refractivity contribution in [2.75, 3.05) is 26.3 Å². The van der Waals surface area contributed by atoms with Gasteiger partial charge in [-0.1, -0.05) is 0 Å². The Morgan fingerprint density at radius 2 is 2.44 bits per heavy atom. The van der Waals surface area contributed by atoms with E-state index in [2.05, 4.69) is 0 Å². The molecule has 9 heavy (non-hydrogen) atoms. The lowest BCUT2D eigenvalue weighted by atomic mass is 10.4. The summed E-state index contributed by atoms with van der Waals surface area (Å²) in [5.74, 6) is 0. The van der Waals surface area contributed by atoms with Crippen molar-refractivity contribution in [2.45, 2.75) is 12.8 Å². The van der Waals surface area contributed by atoms with Crippen molar-refractivity contribution in [3.05, 3.63) is 0 Å². The normalized spacial score (nSPS) is 21.0. The van der Waals surface area contributed by atoms with Gasteiger partial charge in [0.25, 0.3) is 0 Å². The van der Waals surface area contributed by atoms with E-state index in [1.807, 2.05) is 5.06 Å². The van der Waals surface area contributed by atoms with Crippen LogP contribution in [-0.2, 0) is 4.84 Å². The van der Waals surface area contributed by atoms with E-state index in [9.17, 15) is 0 Å². The highest BCUT2D eigenvalue weighted by Crippen LogP contribution is 2.03. The van der Waals surface area contributed by atoms with Crippen LogP contribution in [0, 0.1) is 0 Å². The maximum atomic E-state index is 8.44. The summed E-state index contributed by atoms with van der Waals surface area (Å²) >= 11 is 0. The number of hydrogen-bond acceptors (Lipinski definition) is 3. The molecule has 1 aliphatic rings. The molecular weight excluding hydrogens is 118 g/mol. The minimum atomic E-state index is 0.264. The Kier molecular flexibility index (Phi) is 2.97. The molecular formula is C6H13NO2. The molecule has 0 aliphatic carbocycles. The van der Waals surface area contributed by atoms with Crippen LogP contribution >= 0.6 is 0 Å². The van der Waals surface area contributed by atoms with Gasteiger partial charge >= 0.3 is 0 Å². The lowest BCUT2D eigenvalue weighted by molar-refractivity contribution is -0.111. The van der Waals surface area contributed by atoms with Crippen molar-refractivity contribution in [2.24, 2.45) is 0 Å². The maximum absolute atomic E-state index is 8.44. The van der Waals surface area contributed by atoms with Gasteiger partial charge in [-0.05, 0) is 12.8 Å². The van der Waals surface area contributed by atoms with Crippen molar-refractivity contribution in [1.29, 1.82) is 0 Å². The van der Waals surface area contributed by atoms with Crippen molar-refractivity contribution >= 4 is 0 Å². The molecule has 0 saturated carbocycles. The highest BCUT2D eigenvalue weighted by atomic mass is 16.7. The molecule has 1 rings (SSSR count). The first kappa shape index (κ1) is 6.99. The van der Waals surface area contributed by atoms with Crippen LogP contribution in [0.15, 0.2) is 0 Å². The maximum Gasteiger partial charge on any atom is 0.0698 e. The van der Waals surface area contributed by atoms with E-state index in [0.29, 0.717) is 0 Å². The largest absolute Gasteiger partial charge is 0.396 e. The SMILES string of the molecule is OCCCN1CCCO1. The molecule has 0 aromatic heterocycles. The summed E-state index contributed by atoms with van der Waals surface area (Å²) in [7, 11) is 0. The molecule has 3 nitrogen and oxygen atoms in total. The van der Waals surface area contributed by atoms with Crippen LogP contribution in [0.2, 0.25) is 0 Å². The van der Waals surface area contributed by atoms with E-state index in [0.717, 1.165) is 32.5 Å². The Bertz CT molecular complexity index is 71.5. The second kappa shape index (κ2) is 3.82. The molecule has 0 aromatic rings. The standard InChI is InChI=1S/C6H13NO2/c8-5-1-3-7-4-2-6-9-7/h8H,1-6H2. The third kappa shape index (κ3) is 2.30. The van der Waals surface area contributed by atoms with E-state index in [4.69, 9.17) is 9.94 Å². The Morgan fingerprint density at radius 3 is 3.00 bits per heavy atom. The topological polar surface area (TPSA) is 32.7 Å². The minimum Gasteiger partial charge on any atom is -0.396 e. The van der Waals surface area contributed by atoms with Crippen molar-refractivity contribution in [1.82, 2.24) is 5.06 Å². The average molecular weight is 131 g/mol. The molecule has 1 aliphatic heterocycles. The fourth-order valence-corrected chi connectivity index (χ4v) is 0.923. The van der Waals surface area contributed by atoms with Crippen LogP contribution in [0.3, 0.4) is 0 Å². The molecule has 1 N–H and O–H groups in total. The van der Waals surface area contributed by atoms with Crippen LogP contribution < -0.4 is 0 Å². The lowest BCUT2D eigenvalue weighted by Gasteiger charge is -2.11. The monoisotopic (exact) mass is 131 g/mol. The van der Waals surface area contributed by atoms with E-state index >= 15 is 0 Å². The summed E-state index contributed by atoms with van der Waals surface area (Å²) in [6, 6.07) is 0. The highest BCUT2D eigenvalue weighted by Gasteiger charge is 2.10. The van der Waals surface area contributed by atoms with Crippen molar-refractivity contribution < 1.29 is 9.94 Å². The summed E-state index contributed by atoms with van der Waals surface area (Å²) < 4.78 is 0. The van der Waals surface area contributed by atoms with Gasteiger partial charge in [-0.3, -0.25) is 4.84 Å². The summed E-state index contributed by atoms with van der Waals surface area (Å²) in [6.07, 6.45) is 1.95. The fraction of sp³-hybridized carbons (Fsp3) is 1.00. The van der Waals surface area contributed by atoms with Gasteiger partial charge in [-0.2, -0.15) is 5.06 Å². The fourth-order valence-electron chi connectivity index (χ4n) is 0.923. The zero-order valence-electron chi connectivity index (χ0n) is 5.55. The van der Waals surface area contributed by atoms with Crippen LogP contribution in [0.1, 0.15) is 12.8 Å². The van der Waals surface area contributed by atoms with Crippen molar-refractivity contribution in [3.63, 3.8) is 0 Å². The average Bonchev–Trinajstić information content (AvgIpc) is 2.34. The van der Waals surface area contributed by atoms with Gasteiger partial charge in [0.2, 0.25) is 0 Å². The molecule has 0 aromatic carbocycles. The molecule has 1 heterocycles. The number of hydrogen-bond donors (Lipinski definition) is 1. The highest BCUT2D eigenvalue weighted by molar-refractivity contribution is 4.52. The van der Waals surface area contributed by atoms with Gasteiger partial charge in [0.05, 0.1) is 6.61 Å². The Morgan fingerprint density at radius 1 is 1.56 bits per heavy atom. The van der Waals surface area contributed by atoms with Crippen LogP contribution in [0.4, 0.5) is 0 Å². The van der Waals surface area contributed by atoms with E-state index in [1.165, 1.54) is 0 Å². The number of nitrogens with zero attached hydrogens (tertiary/aromatic N) is 1. The first-order chi connectivity index (χ1) is 4.43. The predicted molar refractivity (Wildman–Crippen MR) is 33.8 cm³/mol. The Labute approximate surface area is 55.2 Å². The number of aliphatic hydroxyl groups excluding tert-OH is 1. The molecule has 0 spiro atoms. The zero-order valence-corrected chi connectivity index (χ0v) is 5.55. The smallest absolute Gasteiger partial charge is 0.0698 e. The van der Waals surface area contributed by atoms with Crippen LogP contribution in [-0.4, -0.2) is 36.5 Å². The third-order valence-corrected chi connectivity index (χ3v) is 1.39. The quantitative estimate of drug-likeness (QED) is 0.585. The van der Waals surface area contributed by atoms with Crippen LogP contribution in [0.25, 0.3) is 0 Å². The summed E-state index contributed by atoms with van der Waals surface area (Å²) in [6.45, 7) is 3.02. The van der Waals surface area contributed by atoms with Gasteiger partial charge in [-0.25, -0.2) is 0 Å². The molecule has 0 bridgehead atoms. The van der Waals surface area contributed by atoms with Gasteiger partial charge in [-0.15, -0.1) is 0 Å². The summed E-state index contributed by atoms with van der Waals surface area (Å²) in [5, 5.41) is 10.4. The third-order valence-electron chi connectivity index (χ3n) is 1.39. The second-order valence-corrected chi connectivity index (χ2v) is 2.19. The lowest BCUT2D eigenvalue weighted by Crippen LogP contribution is -2.19. The van der Waals surface area contributed by atoms with Gasteiger partial charge < -0.3 is 5.11 Å². The predicted octanol–water partition coefficient (Wildman–Crippen LogP) is 0.00610. The molecule has 3 heteroatoms. The second-order valence-electron chi connectivity index (χ2n) is 2.19. The van der Waals surface area contributed by atoms with Crippen molar-refractivity contribution in [3.8, 4) is 0 Å². The van der Waals surface area contributed by atoms with E-state index in [-0.39, 0.29) is 6.61 Å². The summed E-state index contributed by atoms with van der Waals surface area (Å²) in [5.41, 5.74) is 0. The van der Waals surface area contributed by atoms with Crippen LogP contribution in [0.5, 0.6) is 0 Å². The molecule has 0 amide bonds. The first-order valence-corrected chi connectivity index (χ1v) is 3.42. The zero-order chi connectivity index (χ0) is 6.53. The van der Waals surface area contributed by atoms with Gasteiger partial charge in [0.15, 0.2) is 0 Å². The molecule has 54 valence electrons. The van der Waals surface area contributed by atoms with E-state index < -0.39 is 0 Å². The molecule has 0 unspecified atom stereocenters. The first-order valence-electron chi connectivity index (χ1n) is 3.42. The van der Waals surface area contributed by atoms with Gasteiger partial charge in [0, 0.05) is 19.7 Å². The number of aliphatic hydroxyl groups is 1. The summed E-state index contributed by atoms with van der Waals surface area (Å²) in [4.78, 5) is 5.18. The molecule has 1 fully saturated rings. The number of hydroxylamine groups is 2. The molecule has 0 radical (unpaired) electrons. The molecule has 1 saturated heterocycles. The van der Waals surface area contributed by atoms with Gasteiger partial charge in [0.1, 0.15) is 0 Å². The Hall–Kier alpha value is -0.120. The Balaban J connectivity index is 1.98. The van der Waals surface area contributed by atoms with E-state index in [1.54, 1.807) is 0 Å². The molecule has 0 atom stereocenters. The minimum absolute atomic E-state index is 0.264.